The SMILES string of the molecule is C=c1cccc/c1=C/C1=C(C)CC2CCN(CCc3ccccc3)CC2C1.Oc1ccccc1. The zero-order chi connectivity index (χ0) is 23.8. The van der Waals surface area contributed by atoms with Crippen molar-refractivity contribution in [3.8, 4) is 5.75 Å². The van der Waals surface area contributed by atoms with E-state index in [-0.39, 0.29) is 0 Å². The fourth-order valence-electron chi connectivity index (χ4n) is 5.24. The Labute approximate surface area is 204 Å². The van der Waals surface area contributed by atoms with Crippen molar-refractivity contribution in [3.63, 3.8) is 0 Å². The number of hydrogen-bond acceptors (Lipinski definition) is 2. The van der Waals surface area contributed by atoms with Crippen molar-refractivity contribution >= 4 is 12.7 Å². The molecule has 0 saturated carbocycles. The maximum Gasteiger partial charge on any atom is 0.115 e. The quantitative estimate of drug-likeness (QED) is 0.561. The number of rotatable bonds is 4. The first kappa shape index (κ1) is 24.0. The Morgan fingerprint density at radius 1 is 0.882 bits per heavy atom. The summed E-state index contributed by atoms with van der Waals surface area (Å²) in [4.78, 5) is 2.70. The fraction of sp³-hybridized carbons (Fsp3) is 0.312. The van der Waals surface area contributed by atoms with E-state index in [1.165, 1.54) is 56.1 Å². The van der Waals surface area contributed by atoms with Crippen LogP contribution in [0.2, 0.25) is 0 Å². The molecule has 2 nitrogen and oxygen atoms in total. The van der Waals surface area contributed by atoms with E-state index in [9.17, 15) is 0 Å². The second-order valence-electron chi connectivity index (χ2n) is 9.74. The van der Waals surface area contributed by atoms with Crippen LogP contribution in [0.25, 0.3) is 12.7 Å². The molecule has 3 aromatic carbocycles. The second kappa shape index (κ2) is 11.9. The van der Waals surface area contributed by atoms with Crippen molar-refractivity contribution in [2.24, 2.45) is 11.8 Å². The average Bonchev–Trinajstić information content (AvgIpc) is 2.86. The van der Waals surface area contributed by atoms with Gasteiger partial charge in [0.05, 0.1) is 0 Å². The molecule has 1 saturated heterocycles. The Balaban J connectivity index is 0.000000336. The lowest BCUT2D eigenvalue weighted by Crippen LogP contribution is -2.42. The van der Waals surface area contributed by atoms with Crippen LogP contribution >= 0.6 is 0 Å². The van der Waals surface area contributed by atoms with Gasteiger partial charge in [-0.3, -0.25) is 0 Å². The smallest absolute Gasteiger partial charge is 0.115 e. The third kappa shape index (κ3) is 6.71. The molecule has 0 radical (unpaired) electrons. The Morgan fingerprint density at radius 3 is 2.24 bits per heavy atom. The Kier molecular flexibility index (Phi) is 8.38. The number of phenols is 1. The molecule has 2 aliphatic rings. The average molecular weight is 452 g/mol. The number of para-hydroxylation sites is 1. The zero-order valence-electron chi connectivity index (χ0n) is 20.4. The summed E-state index contributed by atoms with van der Waals surface area (Å²) in [7, 11) is 0. The molecule has 176 valence electrons. The van der Waals surface area contributed by atoms with Crippen LogP contribution in [0.15, 0.2) is 96.1 Å². The summed E-state index contributed by atoms with van der Waals surface area (Å²) < 4.78 is 0. The van der Waals surface area contributed by atoms with Gasteiger partial charge in [-0.1, -0.05) is 91.0 Å². The number of benzene rings is 3. The van der Waals surface area contributed by atoms with Crippen LogP contribution in [0.1, 0.15) is 31.7 Å². The van der Waals surface area contributed by atoms with E-state index in [0.29, 0.717) is 5.75 Å². The van der Waals surface area contributed by atoms with E-state index < -0.39 is 0 Å². The van der Waals surface area contributed by atoms with Gasteiger partial charge in [-0.2, -0.15) is 0 Å². The van der Waals surface area contributed by atoms with Crippen LogP contribution in [-0.4, -0.2) is 29.6 Å². The van der Waals surface area contributed by atoms with Crippen LogP contribution in [0, 0.1) is 11.8 Å². The van der Waals surface area contributed by atoms with Gasteiger partial charge in [0.25, 0.3) is 0 Å². The molecule has 3 aromatic rings. The molecule has 1 fully saturated rings. The van der Waals surface area contributed by atoms with Gasteiger partial charge >= 0.3 is 0 Å². The first-order valence-electron chi connectivity index (χ1n) is 12.5. The highest BCUT2D eigenvalue weighted by molar-refractivity contribution is 5.50. The molecule has 1 aliphatic carbocycles. The van der Waals surface area contributed by atoms with Crippen molar-refractivity contribution in [2.75, 3.05) is 19.6 Å². The molecule has 2 unspecified atom stereocenters. The minimum Gasteiger partial charge on any atom is -0.508 e. The first-order chi connectivity index (χ1) is 16.6. The topological polar surface area (TPSA) is 23.5 Å². The number of hydrogen-bond donors (Lipinski definition) is 1. The molecule has 0 bridgehead atoms. The third-order valence-electron chi connectivity index (χ3n) is 7.27. The van der Waals surface area contributed by atoms with E-state index in [1.54, 1.807) is 35.4 Å². The molecule has 0 amide bonds. The number of nitrogens with zero attached hydrogens (tertiary/aromatic N) is 1. The minimum absolute atomic E-state index is 0.322. The molecular formula is C32H37NO. The van der Waals surface area contributed by atoms with Crippen LogP contribution in [0.4, 0.5) is 0 Å². The number of fused-ring (bicyclic) bond motifs is 1. The summed E-state index contributed by atoms with van der Waals surface area (Å²) in [5.41, 5.74) is 4.61. The molecule has 1 N–H and O–H groups in total. The lowest BCUT2D eigenvalue weighted by atomic mass is 9.72. The number of phenolic OH excluding ortho intramolecular Hbond substituents is 1. The highest BCUT2D eigenvalue weighted by Crippen LogP contribution is 2.39. The summed E-state index contributed by atoms with van der Waals surface area (Å²) in [6.07, 6.45) is 7.43. The largest absolute Gasteiger partial charge is 0.508 e. The maximum atomic E-state index is 8.63. The van der Waals surface area contributed by atoms with E-state index in [2.05, 4.69) is 79.1 Å². The Hall–Kier alpha value is -3.10. The van der Waals surface area contributed by atoms with Gasteiger partial charge in [-0.15, -0.1) is 0 Å². The monoisotopic (exact) mass is 451 g/mol. The Morgan fingerprint density at radius 2 is 1.56 bits per heavy atom. The normalized spacial score (nSPS) is 20.9. The molecule has 1 aliphatic heterocycles. The van der Waals surface area contributed by atoms with Crippen molar-refractivity contribution in [3.05, 3.63) is 112 Å². The van der Waals surface area contributed by atoms with Gasteiger partial charge in [0.2, 0.25) is 0 Å². The van der Waals surface area contributed by atoms with Gasteiger partial charge in [-0.05, 0) is 84.7 Å². The predicted octanol–water partition coefficient (Wildman–Crippen LogP) is 5.56. The first-order valence-corrected chi connectivity index (χ1v) is 12.5. The highest BCUT2D eigenvalue weighted by atomic mass is 16.3. The Bertz CT molecular complexity index is 1180. The molecular weight excluding hydrogens is 414 g/mol. The van der Waals surface area contributed by atoms with Gasteiger partial charge in [0, 0.05) is 13.1 Å². The molecule has 2 heteroatoms. The predicted molar refractivity (Wildman–Crippen MR) is 144 cm³/mol. The van der Waals surface area contributed by atoms with Crippen molar-refractivity contribution in [2.45, 2.75) is 32.6 Å². The van der Waals surface area contributed by atoms with Crippen LogP contribution in [0.3, 0.4) is 0 Å². The lowest BCUT2D eigenvalue weighted by molar-refractivity contribution is 0.114. The van der Waals surface area contributed by atoms with Crippen molar-refractivity contribution in [1.82, 2.24) is 4.90 Å². The molecule has 34 heavy (non-hydrogen) atoms. The summed E-state index contributed by atoms with van der Waals surface area (Å²) in [6, 6.07) is 28.1. The van der Waals surface area contributed by atoms with Gasteiger partial charge in [0.15, 0.2) is 0 Å². The summed E-state index contributed by atoms with van der Waals surface area (Å²) in [5, 5.41) is 11.0. The van der Waals surface area contributed by atoms with Gasteiger partial charge < -0.3 is 10.0 Å². The standard InChI is InChI=1S/C26H31N.C6H6O/c1-20-8-6-7-11-23(20)17-25-18-26-19-27(15-13-24(26)16-21(25)2)14-12-22-9-4-3-5-10-22;7-6-4-2-1-3-5-6/h3-11,17,24,26H,1,12-16,18-19H2,2H3;1-5,7H/b23-17-;. The van der Waals surface area contributed by atoms with E-state index in [1.807, 2.05) is 6.07 Å². The molecule has 0 aromatic heterocycles. The second-order valence-corrected chi connectivity index (χ2v) is 9.74. The van der Waals surface area contributed by atoms with E-state index in [4.69, 9.17) is 5.11 Å². The lowest BCUT2D eigenvalue weighted by Gasteiger charge is -2.42. The molecule has 5 rings (SSSR count). The fourth-order valence-corrected chi connectivity index (χ4v) is 5.24. The summed E-state index contributed by atoms with van der Waals surface area (Å²) in [6.45, 7) is 10.3. The maximum absolute atomic E-state index is 8.63. The van der Waals surface area contributed by atoms with Gasteiger partial charge in [-0.25, -0.2) is 0 Å². The van der Waals surface area contributed by atoms with Crippen molar-refractivity contribution < 1.29 is 5.11 Å². The van der Waals surface area contributed by atoms with Crippen molar-refractivity contribution in [1.29, 1.82) is 0 Å². The summed E-state index contributed by atoms with van der Waals surface area (Å²) in [5.74, 6) is 2.01. The highest BCUT2D eigenvalue weighted by Gasteiger charge is 2.32. The van der Waals surface area contributed by atoms with Crippen LogP contribution in [-0.2, 0) is 6.42 Å². The number of allylic oxidation sites excluding steroid dienone is 2. The number of aromatic hydroxyl groups is 1. The minimum atomic E-state index is 0.322. The molecule has 1 heterocycles. The van der Waals surface area contributed by atoms with E-state index >= 15 is 0 Å². The van der Waals surface area contributed by atoms with Crippen LogP contribution < -0.4 is 10.4 Å². The van der Waals surface area contributed by atoms with Gasteiger partial charge in [0.1, 0.15) is 5.75 Å². The molecule has 2 atom stereocenters. The third-order valence-corrected chi connectivity index (χ3v) is 7.27. The van der Waals surface area contributed by atoms with E-state index in [0.717, 1.165) is 17.1 Å². The zero-order valence-corrected chi connectivity index (χ0v) is 20.4. The number of likely N-dealkylation sites (tertiary alicyclic amines) is 1. The molecule has 0 spiro atoms. The number of piperidine rings is 1. The van der Waals surface area contributed by atoms with Crippen LogP contribution in [0.5, 0.6) is 5.75 Å². The summed E-state index contributed by atoms with van der Waals surface area (Å²) >= 11 is 0.